The molecule has 0 unspecified atom stereocenters. The van der Waals surface area contributed by atoms with E-state index in [-0.39, 0.29) is 12.3 Å². The highest BCUT2D eigenvalue weighted by molar-refractivity contribution is 6.30. The van der Waals surface area contributed by atoms with Crippen molar-refractivity contribution in [3.8, 4) is 5.75 Å². The van der Waals surface area contributed by atoms with E-state index in [9.17, 15) is 4.79 Å². The Labute approximate surface area is 138 Å². The Morgan fingerprint density at radius 3 is 2.83 bits per heavy atom. The third-order valence-corrected chi connectivity index (χ3v) is 3.49. The maximum atomic E-state index is 11.8. The minimum Gasteiger partial charge on any atom is -0.493 e. The number of aromatic nitrogens is 3. The van der Waals surface area contributed by atoms with E-state index in [1.165, 1.54) is 0 Å². The van der Waals surface area contributed by atoms with Crippen molar-refractivity contribution in [1.29, 1.82) is 0 Å². The van der Waals surface area contributed by atoms with Gasteiger partial charge in [0.15, 0.2) is 11.5 Å². The summed E-state index contributed by atoms with van der Waals surface area (Å²) in [5.41, 5.74) is 0.753. The molecule has 0 aliphatic heterocycles. The van der Waals surface area contributed by atoms with Crippen LogP contribution >= 0.6 is 11.6 Å². The molecular formula is C16H15ClN4O2. The summed E-state index contributed by atoms with van der Waals surface area (Å²) in [7, 11) is 0. The highest BCUT2D eigenvalue weighted by atomic mass is 35.5. The number of halogens is 1. The van der Waals surface area contributed by atoms with Crippen LogP contribution in [-0.2, 0) is 11.3 Å². The van der Waals surface area contributed by atoms with Crippen molar-refractivity contribution in [2.24, 2.45) is 0 Å². The summed E-state index contributed by atoms with van der Waals surface area (Å²) in [5.74, 6) is 1.27. The number of nitrogens with zero attached hydrogens (tertiary/aromatic N) is 3. The molecule has 1 aromatic carbocycles. The fourth-order valence-electron chi connectivity index (χ4n) is 2.07. The molecule has 3 rings (SSSR count). The number of amides is 1. The summed E-state index contributed by atoms with van der Waals surface area (Å²) in [6, 6.07) is 12.7. The van der Waals surface area contributed by atoms with E-state index < -0.39 is 0 Å². The third-order valence-electron chi connectivity index (χ3n) is 3.24. The number of carbonyl (C=O) groups excluding carboxylic acids is 1. The number of nitrogens with one attached hydrogen (secondary N) is 1. The average molecular weight is 331 g/mol. The van der Waals surface area contributed by atoms with Crippen molar-refractivity contribution < 1.29 is 9.53 Å². The van der Waals surface area contributed by atoms with Crippen molar-refractivity contribution >= 4 is 23.2 Å². The number of hydrogen-bond acceptors (Lipinski definition) is 4. The van der Waals surface area contributed by atoms with E-state index in [1.54, 1.807) is 24.3 Å². The quantitative estimate of drug-likeness (QED) is 0.754. The molecule has 0 fully saturated rings. The molecule has 0 aliphatic carbocycles. The van der Waals surface area contributed by atoms with Crippen molar-refractivity contribution in [1.82, 2.24) is 19.9 Å². The predicted octanol–water partition coefficient (Wildman–Crippen LogP) is 2.47. The van der Waals surface area contributed by atoms with Crippen LogP contribution in [0.4, 0.5) is 0 Å². The van der Waals surface area contributed by atoms with Crippen LogP contribution in [-0.4, -0.2) is 27.1 Å². The van der Waals surface area contributed by atoms with Gasteiger partial charge < -0.3 is 10.1 Å². The molecule has 7 heteroatoms. The number of pyridine rings is 1. The van der Waals surface area contributed by atoms with Crippen LogP contribution < -0.4 is 10.1 Å². The zero-order valence-electron chi connectivity index (χ0n) is 12.3. The number of rotatable bonds is 6. The van der Waals surface area contributed by atoms with Gasteiger partial charge in [-0.2, -0.15) is 0 Å². The maximum absolute atomic E-state index is 11.8. The van der Waals surface area contributed by atoms with Gasteiger partial charge in [-0.25, -0.2) is 0 Å². The summed E-state index contributed by atoms with van der Waals surface area (Å²) in [4.78, 5) is 11.8. The number of hydrogen-bond donors (Lipinski definition) is 1. The lowest BCUT2D eigenvalue weighted by atomic mass is 10.3. The molecule has 2 heterocycles. The first-order valence-electron chi connectivity index (χ1n) is 7.16. The van der Waals surface area contributed by atoms with E-state index in [0.29, 0.717) is 29.7 Å². The van der Waals surface area contributed by atoms with Gasteiger partial charge in [-0.1, -0.05) is 17.7 Å². The summed E-state index contributed by atoms with van der Waals surface area (Å²) >= 11 is 5.80. The zero-order chi connectivity index (χ0) is 16.1. The van der Waals surface area contributed by atoms with Crippen molar-refractivity contribution in [3.05, 3.63) is 59.5 Å². The zero-order valence-corrected chi connectivity index (χ0v) is 13.0. The van der Waals surface area contributed by atoms with E-state index >= 15 is 0 Å². The van der Waals surface area contributed by atoms with Crippen LogP contribution in [0.25, 0.3) is 5.65 Å². The van der Waals surface area contributed by atoms with Gasteiger partial charge in [0.05, 0.1) is 19.6 Å². The largest absolute Gasteiger partial charge is 0.493 e. The molecule has 0 bridgehead atoms. The summed E-state index contributed by atoms with van der Waals surface area (Å²) in [5, 5.41) is 11.5. The molecule has 0 spiro atoms. The second-order valence-electron chi connectivity index (χ2n) is 4.87. The Morgan fingerprint density at radius 2 is 2.00 bits per heavy atom. The Balaban J connectivity index is 1.45. The van der Waals surface area contributed by atoms with Gasteiger partial charge >= 0.3 is 0 Å². The smallest absolute Gasteiger partial charge is 0.223 e. The van der Waals surface area contributed by atoms with Crippen molar-refractivity contribution in [2.45, 2.75) is 13.0 Å². The van der Waals surface area contributed by atoms with Crippen LogP contribution in [0.3, 0.4) is 0 Å². The van der Waals surface area contributed by atoms with Crippen molar-refractivity contribution in [2.75, 3.05) is 6.61 Å². The van der Waals surface area contributed by atoms with E-state index in [4.69, 9.17) is 16.3 Å². The molecule has 2 aromatic heterocycles. The van der Waals surface area contributed by atoms with Gasteiger partial charge in [-0.05, 0) is 36.4 Å². The standard InChI is InChI=1S/C16H15ClN4O2/c17-12-4-6-13(7-5-12)23-10-8-16(22)18-11-15-20-19-14-3-1-2-9-21(14)15/h1-7,9H,8,10-11H2,(H,18,22). The predicted molar refractivity (Wildman–Crippen MR) is 86.4 cm³/mol. The molecule has 0 atom stereocenters. The van der Waals surface area contributed by atoms with Gasteiger partial charge in [-0.3, -0.25) is 9.20 Å². The molecule has 3 aromatic rings. The molecule has 1 N–H and O–H groups in total. The third kappa shape index (κ3) is 3.98. The minimum atomic E-state index is -0.105. The fraction of sp³-hybridized carbons (Fsp3) is 0.188. The molecule has 0 saturated heterocycles. The first-order valence-corrected chi connectivity index (χ1v) is 7.54. The topological polar surface area (TPSA) is 68.5 Å². The Kier molecular flexibility index (Phi) is 4.73. The monoisotopic (exact) mass is 330 g/mol. The number of benzene rings is 1. The van der Waals surface area contributed by atoms with Crippen molar-refractivity contribution in [3.63, 3.8) is 0 Å². The molecule has 1 amide bonds. The van der Waals surface area contributed by atoms with Gasteiger partial charge in [0.2, 0.25) is 5.91 Å². The van der Waals surface area contributed by atoms with Gasteiger partial charge in [-0.15, -0.1) is 10.2 Å². The van der Waals surface area contributed by atoms with Crippen LogP contribution in [0.15, 0.2) is 48.7 Å². The van der Waals surface area contributed by atoms with Crippen LogP contribution in [0.5, 0.6) is 5.75 Å². The van der Waals surface area contributed by atoms with Gasteiger partial charge in [0, 0.05) is 11.2 Å². The molecule has 0 aliphatic rings. The molecule has 0 radical (unpaired) electrons. The molecule has 0 saturated carbocycles. The van der Waals surface area contributed by atoms with Crippen LogP contribution in [0.1, 0.15) is 12.2 Å². The van der Waals surface area contributed by atoms with Gasteiger partial charge in [0.25, 0.3) is 0 Å². The molecule has 23 heavy (non-hydrogen) atoms. The lowest BCUT2D eigenvalue weighted by Crippen LogP contribution is -2.25. The highest BCUT2D eigenvalue weighted by Gasteiger charge is 2.07. The molecule has 118 valence electrons. The highest BCUT2D eigenvalue weighted by Crippen LogP contribution is 2.15. The Hall–Kier alpha value is -2.60. The summed E-state index contributed by atoms with van der Waals surface area (Å²) < 4.78 is 7.32. The Bertz CT molecular complexity index is 801. The van der Waals surface area contributed by atoms with E-state index in [0.717, 1.165) is 5.65 Å². The maximum Gasteiger partial charge on any atom is 0.223 e. The average Bonchev–Trinajstić information content (AvgIpc) is 2.98. The normalized spacial score (nSPS) is 10.7. The summed E-state index contributed by atoms with van der Waals surface area (Å²) in [6.45, 7) is 0.624. The number of carbonyl (C=O) groups is 1. The fourth-order valence-corrected chi connectivity index (χ4v) is 2.20. The molecule has 6 nitrogen and oxygen atoms in total. The minimum absolute atomic E-state index is 0.105. The van der Waals surface area contributed by atoms with Crippen LogP contribution in [0, 0.1) is 0 Å². The Morgan fingerprint density at radius 1 is 1.17 bits per heavy atom. The van der Waals surface area contributed by atoms with Crippen LogP contribution in [0.2, 0.25) is 5.02 Å². The second kappa shape index (κ2) is 7.11. The van der Waals surface area contributed by atoms with E-state index in [1.807, 2.05) is 28.8 Å². The molecular weight excluding hydrogens is 316 g/mol. The lowest BCUT2D eigenvalue weighted by molar-refractivity contribution is -0.121. The summed E-state index contributed by atoms with van der Waals surface area (Å²) in [6.07, 6.45) is 2.12. The SMILES string of the molecule is O=C(CCOc1ccc(Cl)cc1)NCc1nnc2ccccn12. The first-order chi connectivity index (χ1) is 11.2. The number of fused-ring (bicyclic) bond motifs is 1. The number of ether oxygens (including phenoxy) is 1. The first kappa shape index (κ1) is 15.3. The lowest BCUT2D eigenvalue weighted by Gasteiger charge is -2.07. The van der Waals surface area contributed by atoms with E-state index in [2.05, 4.69) is 15.5 Å². The van der Waals surface area contributed by atoms with Gasteiger partial charge in [0.1, 0.15) is 5.75 Å². The second-order valence-corrected chi connectivity index (χ2v) is 5.31.